The molecule has 0 aromatic rings. The van der Waals surface area contributed by atoms with Crippen LogP contribution < -0.4 is 0 Å². The van der Waals surface area contributed by atoms with Gasteiger partial charge >= 0.3 is 0 Å². The van der Waals surface area contributed by atoms with E-state index in [-0.39, 0.29) is 15.4 Å². The van der Waals surface area contributed by atoms with Crippen LogP contribution in [0.5, 0.6) is 0 Å². The fourth-order valence-electron chi connectivity index (χ4n) is 1.52. The Kier molecular flexibility index (Phi) is 11.6. The van der Waals surface area contributed by atoms with Crippen LogP contribution in [0.4, 0.5) is 0 Å². The molecule has 0 aliphatic rings. The molecule has 0 radical (unpaired) electrons. The molecule has 0 aromatic heterocycles. The highest BCUT2D eigenvalue weighted by atomic mass is 28.2. The molecule has 0 N–H and O–H groups in total. The maximum Gasteiger partial charge on any atom is 0.134 e. The molecule has 0 unspecified atom stereocenters. The molecule has 0 atom stereocenters. The lowest BCUT2D eigenvalue weighted by molar-refractivity contribution is -0.0445. The van der Waals surface area contributed by atoms with Gasteiger partial charge in [0.1, 0.15) is 5.91 Å². The highest BCUT2D eigenvalue weighted by Gasteiger charge is 2.05. The van der Waals surface area contributed by atoms with Crippen molar-refractivity contribution in [2.45, 2.75) is 25.8 Å². The first-order valence-corrected chi connectivity index (χ1v) is 7.95. The van der Waals surface area contributed by atoms with Gasteiger partial charge in [0.15, 0.2) is 0 Å². The van der Waals surface area contributed by atoms with Crippen LogP contribution in [0.2, 0.25) is 6.04 Å². The fourth-order valence-corrected chi connectivity index (χ4v) is 2.70. The van der Waals surface area contributed by atoms with E-state index >= 15 is 0 Å². The molecule has 98 valence electrons. The summed E-state index contributed by atoms with van der Waals surface area (Å²) in [5.41, 5.74) is 0. The molecule has 0 spiro atoms. The lowest BCUT2D eigenvalue weighted by atomic mass is 10.5. The molecule has 0 saturated carbocycles. The van der Waals surface area contributed by atoms with Crippen LogP contribution in [0.3, 0.4) is 0 Å². The van der Waals surface area contributed by atoms with E-state index in [1.165, 1.54) is 0 Å². The first-order valence-electron chi connectivity index (χ1n) is 6.14. The minimum Gasteiger partial charge on any atom is -0.380 e. The summed E-state index contributed by atoms with van der Waals surface area (Å²) in [6.45, 7) is 9.27. The van der Waals surface area contributed by atoms with Crippen molar-refractivity contribution in [2.24, 2.45) is 0 Å². The van der Waals surface area contributed by atoms with Crippen molar-refractivity contribution < 1.29 is 14.2 Å². The summed E-state index contributed by atoms with van der Waals surface area (Å²) in [6, 6.07) is 1.12. The summed E-state index contributed by atoms with van der Waals surface area (Å²) in [5, 5.41) is 0. The zero-order valence-electron chi connectivity index (χ0n) is 11.2. The minimum absolute atomic E-state index is 0.0476. The van der Waals surface area contributed by atoms with Gasteiger partial charge in [0, 0.05) is 27.4 Å². The SMILES string of the molecule is CCN(CC)CCOCC[SiH2]C(OC)OC. The highest BCUT2D eigenvalue weighted by Crippen LogP contribution is 1.93. The van der Waals surface area contributed by atoms with E-state index in [9.17, 15) is 0 Å². The normalized spacial score (nSPS) is 12.4. The monoisotopic (exact) mass is 249 g/mol. The van der Waals surface area contributed by atoms with Crippen LogP contribution in [0.1, 0.15) is 13.8 Å². The van der Waals surface area contributed by atoms with Crippen molar-refractivity contribution in [1.82, 2.24) is 4.90 Å². The van der Waals surface area contributed by atoms with Crippen LogP contribution in [-0.2, 0) is 14.2 Å². The Labute approximate surface area is 102 Å². The van der Waals surface area contributed by atoms with Gasteiger partial charge in [0.2, 0.25) is 0 Å². The Hall–Kier alpha value is 0.0569. The largest absolute Gasteiger partial charge is 0.380 e. The summed E-state index contributed by atoms with van der Waals surface area (Å²) in [6.07, 6.45) is 0. The summed E-state index contributed by atoms with van der Waals surface area (Å²) in [5.74, 6) is 0.0476. The van der Waals surface area contributed by atoms with Crippen molar-refractivity contribution in [2.75, 3.05) is 47.1 Å². The van der Waals surface area contributed by atoms with Crippen molar-refractivity contribution in [3.8, 4) is 0 Å². The van der Waals surface area contributed by atoms with Crippen LogP contribution in [0.15, 0.2) is 0 Å². The first-order chi connectivity index (χ1) is 7.78. The molecule has 0 aliphatic heterocycles. The first kappa shape index (κ1) is 16.1. The maximum absolute atomic E-state index is 5.59. The van der Waals surface area contributed by atoms with Gasteiger partial charge in [-0.1, -0.05) is 13.8 Å². The lowest BCUT2D eigenvalue weighted by Gasteiger charge is -2.17. The average molecular weight is 249 g/mol. The second kappa shape index (κ2) is 11.5. The van der Waals surface area contributed by atoms with Gasteiger partial charge in [0.25, 0.3) is 0 Å². The molecule has 0 rings (SSSR count). The van der Waals surface area contributed by atoms with Crippen LogP contribution in [0.25, 0.3) is 0 Å². The topological polar surface area (TPSA) is 30.9 Å². The Bertz CT molecular complexity index is 125. The molecular weight excluding hydrogens is 222 g/mol. The van der Waals surface area contributed by atoms with Crippen molar-refractivity contribution in [3.05, 3.63) is 0 Å². The third-order valence-corrected chi connectivity index (χ3v) is 4.54. The number of rotatable bonds is 11. The minimum atomic E-state index is -0.316. The molecule has 0 saturated heterocycles. The fraction of sp³-hybridized carbons (Fsp3) is 1.00. The van der Waals surface area contributed by atoms with E-state index in [0.717, 1.165) is 38.9 Å². The second-order valence-electron chi connectivity index (χ2n) is 3.68. The molecule has 5 heteroatoms. The van der Waals surface area contributed by atoms with Crippen LogP contribution in [-0.4, -0.2) is 67.4 Å². The van der Waals surface area contributed by atoms with Gasteiger partial charge in [-0.3, -0.25) is 0 Å². The summed E-state index contributed by atoms with van der Waals surface area (Å²) in [7, 11) is 3.08. The zero-order valence-corrected chi connectivity index (χ0v) is 12.6. The molecule has 4 nitrogen and oxygen atoms in total. The summed E-state index contributed by atoms with van der Waals surface area (Å²) in [4.78, 5) is 2.37. The maximum atomic E-state index is 5.59. The van der Waals surface area contributed by atoms with E-state index in [0.29, 0.717) is 0 Å². The summed E-state index contributed by atoms with van der Waals surface area (Å²) >= 11 is 0. The Balaban J connectivity index is 3.26. The molecule has 0 aliphatic carbocycles. The number of nitrogens with zero attached hydrogens (tertiary/aromatic N) is 1. The van der Waals surface area contributed by atoms with E-state index in [4.69, 9.17) is 14.2 Å². The number of hydrogen-bond acceptors (Lipinski definition) is 4. The molecule has 16 heavy (non-hydrogen) atoms. The van der Waals surface area contributed by atoms with E-state index in [1.807, 2.05) is 0 Å². The van der Waals surface area contributed by atoms with Crippen molar-refractivity contribution >= 4 is 9.52 Å². The average Bonchev–Trinajstić information content (AvgIpc) is 2.33. The molecule has 0 aromatic carbocycles. The molecule has 0 heterocycles. The van der Waals surface area contributed by atoms with Crippen molar-refractivity contribution in [1.29, 1.82) is 0 Å². The Morgan fingerprint density at radius 2 is 1.69 bits per heavy atom. The van der Waals surface area contributed by atoms with Gasteiger partial charge in [-0.25, -0.2) is 0 Å². The van der Waals surface area contributed by atoms with Gasteiger partial charge in [-0.2, -0.15) is 0 Å². The number of methoxy groups -OCH3 is 2. The Morgan fingerprint density at radius 3 is 2.19 bits per heavy atom. The predicted octanol–water partition coefficient (Wildman–Crippen LogP) is 0.508. The third kappa shape index (κ3) is 8.24. The second-order valence-corrected chi connectivity index (χ2v) is 5.63. The lowest BCUT2D eigenvalue weighted by Crippen LogP contribution is -2.27. The molecular formula is C11H27NO3Si. The number of hydrogen-bond donors (Lipinski definition) is 0. The molecule has 0 fully saturated rings. The van der Waals surface area contributed by atoms with E-state index < -0.39 is 0 Å². The Morgan fingerprint density at radius 1 is 1.06 bits per heavy atom. The summed E-state index contributed by atoms with van der Waals surface area (Å²) < 4.78 is 15.9. The molecule has 0 amide bonds. The van der Waals surface area contributed by atoms with Crippen LogP contribution in [0, 0.1) is 0 Å². The zero-order chi connectivity index (χ0) is 12.2. The quantitative estimate of drug-likeness (QED) is 0.303. The predicted molar refractivity (Wildman–Crippen MR) is 69.8 cm³/mol. The van der Waals surface area contributed by atoms with Crippen molar-refractivity contribution in [3.63, 3.8) is 0 Å². The number of ether oxygens (including phenoxy) is 3. The van der Waals surface area contributed by atoms with E-state index in [1.54, 1.807) is 14.2 Å². The highest BCUT2D eigenvalue weighted by molar-refractivity contribution is 6.36. The standard InChI is InChI=1S/C11H27NO3Si/c1-5-12(6-2)7-8-15-9-10-16-11(13-3)14-4/h11H,5-10,16H2,1-4H3. The number of likely N-dealkylation sites (N-methyl/N-ethyl adjacent to an activating group) is 1. The molecule has 0 bridgehead atoms. The van der Waals surface area contributed by atoms with Gasteiger partial charge < -0.3 is 19.1 Å². The van der Waals surface area contributed by atoms with Crippen LogP contribution >= 0.6 is 0 Å². The van der Waals surface area contributed by atoms with Gasteiger partial charge in [-0.15, -0.1) is 0 Å². The van der Waals surface area contributed by atoms with E-state index in [2.05, 4.69) is 18.7 Å². The smallest absolute Gasteiger partial charge is 0.134 e. The van der Waals surface area contributed by atoms with Gasteiger partial charge in [0.05, 0.1) is 16.1 Å². The van der Waals surface area contributed by atoms with Gasteiger partial charge in [-0.05, 0) is 19.1 Å². The third-order valence-electron chi connectivity index (χ3n) is 2.70.